The van der Waals surface area contributed by atoms with E-state index in [1.54, 1.807) is 18.0 Å². The lowest BCUT2D eigenvalue weighted by molar-refractivity contribution is -0.119. The zero-order valence-electron chi connectivity index (χ0n) is 21.3. The second-order valence-electron chi connectivity index (χ2n) is 10.1. The maximum Gasteiger partial charge on any atom is 0.272 e. The van der Waals surface area contributed by atoms with Crippen molar-refractivity contribution in [1.82, 2.24) is 20.0 Å². The Balaban J connectivity index is 1.22. The number of fused-ring (bicyclic) bond motifs is 2. The third kappa shape index (κ3) is 4.42. The van der Waals surface area contributed by atoms with Crippen molar-refractivity contribution in [2.75, 3.05) is 18.5 Å². The third-order valence-electron chi connectivity index (χ3n) is 7.45. The van der Waals surface area contributed by atoms with Crippen molar-refractivity contribution in [3.8, 4) is 0 Å². The van der Waals surface area contributed by atoms with Crippen LogP contribution in [0, 0.1) is 0 Å². The molecule has 8 heteroatoms. The first-order valence-corrected chi connectivity index (χ1v) is 13.0. The van der Waals surface area contributed by atoms with Gasteiger partial charge in [0, 0.05) is 18.5 Å². The van der Waals surface area contributed by atoms with Gasteiger partial charge in [-0.3, -0.25) is 19.1 Å². The van der Waals surface area contributed by atoms with Crippen LogP contribution in [0.25, 0.3) is 10.9 Å². The molecule has 1 N–H and O–H groups in total. The molecular formula is C30H29N5O3. The molecule has 1 aromatic heterocycles. The number of carbonyl (C=O) groups excluding carboxylic acids is 3. The first-order chi connectivity index (χ1) is 18.5. The van der Waals surface area contributed by atoms with Crippen molar-refractivity contribution in [2.45, 2.75) is 38.4 Å². The van der Waals surface area contributed by atoms with Crippen LogP contribution in [-0.4, -0.2) is 52.0 Å². The summed E-state index contributed by atoms with van der Waals surface area (Å²) in [6.07, 6.45) is 3.21. The lowest BCUT2D eigenvalue weighted by atomic mass is 9.93. The Morgan fingerprint density at radius 3 is 2.34 bits per heavy atom. The van der Waals surface area contributed by atoms with E-state index in [-0.39, 0.29) is 30.3 Å². The summed E-state index contributed by atoms with van der Waals surface area (Å²) in [7, 11) is 1.65. The number of para-hydroxylation sites is 2. The zero-order chi connectivity index (χ0) is 26.2. The topological polar surface area (TPSA) is 87.5 Å². The van der Waals surface area contributed by atoms with Gasteiger partial charge in [-0.2, -0.15) is 5.10 Å². The van der Waals surface area contributed by atoms with Crippen molar-refractivity contribution < 1.29 is 14.4 Å². The number of nitrogens with one attached hydrogen (secondary N) is 1. The first kappa shape index (κ1) is 23.9. The highest BCUT2D eigenvalue weighted by atomic mass is 16.2. The Kier molecular flexibility index (Phi) is 6.15. The molecule has 0 radical (unpaired) electrons. The number of aromatic nitrogens is 2. The van der Waals surface area contributed by atoms with E-state index in [1.165, 1.54) is 4.90 Å². The number of anilines is 1. The molecule has 1 aliphatic carbocycles. The van der Waals surface area contributed by atoms with Gasteiger partial charge in [-0.05, 0) is 48.6 Å². The van der Waals surface area contributed by atoms with Gasteiger partial charge in [-0.1, -0.05) is 54.6 Å². The predicted octanol–water partition coefficient (Wildman–Crippen LogP) is 3.99. The number of amides is 3. The van der Waals surface area contributed by atoms with Crippen molar-refractivity contribution in [3.05, 3.63) is 95.2 Å². The Morgan fingerprint density at radius 1 is 0.921 bits per heavy atom. The van der Waals surface area contributed by atoms with Crippen LogP contribution in [0.2, 0.25) is 0 Å². The molecule has 2 heterocycles. The fraction of sp³-hybridized carbons (Fsp3) is 0.267. The monoisotopic (exact) mass is 507 g/mol. The summed E-state index contributed by atoms with van der Waals surface area (Å²) in [5, 5.41) is 8.63. The number of benzene rings is 3. The van der Waals surface area contributed by atoms with Crippen LogP contribution in [0.4, 0.5) is 5.69 Å². The lowest BCUT2D eigenvalue weighted by Gasteiger charge is -2.25. The number of likely N-dealkylation sites (N-methyl/N-ethyl adjacent to an activating group) is 1. The van der Waals surface area contributed by atoms with Crippen molar-refractivity contribution >= 4 is 34.3 Å². The van der Waals surface area contributed by atoms with Crippen molar-refractivity contribution in [3.63, 3.8) is 0 Å². The Bertz CT molecular complexity index is 1540. The summed E-state index contributed by atoms with van der Waals surface area (Å²) in [4.78, 5) is 41.8. The molecule has 1 saturated carbocycles. The van der Waals surface area contributed by atoms with Gasteiger partial charge >= 0.3 is 0 Å². The molecule has 0 unspecified atom stereocenters. The fourth-order valence-corrected chi connectivity index (χ4v) is 5.09. The van der Waals surface area contributed by atoms with Crippen LogP contribution in [0.3, 0.4) is 0 Å². The summed E-state index contributed by atoms with van der Waals surface area (Å²) in [6, 6.07) is 23.3. The molecular weight excluding hydrogens is 478 g/mol. The second-order valence-corrected chi connectivity index (χ2v) is 10.1. The summed E-state index contributed by atoms with van der Waals surface area (Å²) in [5.41, 5.74) is 4.52. The van der Waals surface area contributed by atoms with Gasteiger partial charge < -0.3 is 15.1 Å². The predicted molar refractivity (Wildman–Crippen MR) is 145 cm³/mol. The van der Waals surface area contributed by atoms with Gasteiger partial charge in [0.25, 0.3) is 11.8 Å². The van der Waals surface area contributed by atoms with Crippen molar-refractivity contribution in [2.24, 2.45) is 0 Å². The average Bonchev–Trinajstić information content (AvgIpc) is 3.24. The van der Waals surface area contributed by atoms with Crippen LogP contribution in [-0.2, 0) is 17.9 Å². The number of rotatable bonds is 6. The highest BCUT2D eigenvalue weighted by Gasteiger charge is 2.29. The van der Waals surface area contributed by atoms with Gasteiger partial charge in [0.05, 0.1) is 29.9 Å². The van der Waals surface area contributed by atoms with Crippen LogP contribution in [0.15, 0.2) is 72.8 Å². The molecule has 3 aromatic carbocycles. The molecule has 192 valence electrons. The SMILES string of the molecule is CN1CC(=O)N(Cc2ccc(Cn3nc(C(=O)NC4CCC4)c4ccccc43)cc2)c2ccccc2C1=O. The minimum absolute atomic E-state index is 0.0363. The van der Waals surface area contributed by atoms with E-state index in [0.29, 0.717) is 30.0 Å². The van der Waals surface area contributed by atoms with Gasteiger partial charge in [-0.15, -0.1) is 0 Å². The summed E-state index contributed by atoms with van der Waals surface area (Å²) >= 11 is 0. The van der Waals surface area contributed by atoms with E-state index < -0.39 is 0 Å². The molecule has 3 amide bonds. The number of nitrogens with zero attached hydrogens (tertiary/aromatic N) is 4. The molecule has 0 atom stereocenters. The van der Waals surface area contributed by atoms with Crippen molar-refractivity contribution in [1.29, 1.82) is 0 Å². The zero-order valence-corrected chi connectivity index (χ0v) is 21.3. The Morgan fingerprint density at radius 2 is 1.61 bits per heavy atom. The number of carbonyl (C=O) groups is 3. The molecule has 4 aromatic rings. The van der Waals surface area contributed by atoms with Crippen LogP contribution >= 0.6 is 0 Å². The molecule has 0 spiro atoms. The maximum absolute atomic E-state index is 13.0. The maximum atomic E-state index is 13.0. The van der Waals surface area contributed by atoms with Crippen LogP contribution < -0.4 is 10.2 Å². The van der Waals surface area contributed by atoms with Gasteiger partial charge in [0.1, 0.15) is 6.54 Å². The minimum Gasteiger partial charge on any atom is -0.348 e. The van der Waals surface area contributed by atoms with E-state index in [0.717, 1.165) is 41.3 Å². The van der Waals surface area contributed by atoms with E-state index in [4.69, 9.17) is 0 Å². The van der Waals surface area contributed by atoms with Crippen LogP contribution in [0.5, 0.6) is 0 Å². The highest BCUT2D eigenvalue weighted by molar-refractivity contribution is 6.09. The largest absolute Gasteiger partial charge is 0.348 e. The molecule has 1 fully saturated rings. The Hall–Kier alpha value is -4.46. The lowest BCUT2D eigenvalue weighted by Crippen LogP contribution is -2.39. The number of hydrogen-bond acceptors (Lipinski definition) is 4. The molecule has 38 heavy (non-hydrogen) atoms. The summed E-state index contributed by atoms with van der Waals surface area (Å²) in [5.74, 6) is -0.392. The summed E-state index contributed by atoms with van der Waals surface area (Å²) < 4.78 is 1.87. The average molecular weight is 508 g/mol. The minimum atomic E-state index is -0.154. The summed E-state index contributed by atoms with van der Waals surface area (Å²) in [6.45, 7) is 0.921. The molecule has 0 saturated heterocycles. The first-order valence-electron chi connectivity index (χ1n) is 13.0. The van der Waals surface area contributed by atoms with Gasteiger partial charge in [-0.25, -0.2) is 0 Å². The second kappa shape index (κ2) is 9.78. The van der Waals surface area contributed by atoms with E-state index in [1.807, 2.05) is 71.4 Å². The van der Waals surface area contributed by atoms with Crippen LogP contribution in [0.1, 0.15) is 51.2 Å². The standard InChI is InChI=1S/C30H29N5O3/c1-33-19-27(36)34(25-11-4-3-10-24(25)30(33)38)17-20-13-15-21(16-14-20)18-35-26-12-5-2-9-23(26)28(32-35)29(37)31-22-7-6-8-22/h2-5,9-16,22H,6-8,17-19H2,1H3,(H,31,37). The van der Waals surface area contributed by atoms with E-state index >= 15 is 0 Å². The van der Waals surface area contributed by atoms with E-state index in [2.05, 4.69) is 10.4 Å². The molecule has 2 aliphatic rings. The molecule has 1 aliphatic heterocycles. The molecule has 0 bridgehead atoms. The van der Waals surface area contributed by atoms with Gasteiger partial charge in [0.15, 0.2) is 5.69 Å². The number of hydrogen-bond donors (Lipinski definition) is 1. The quantitative estimate of drug-likeness (QED) is 0.428. The molecule has 6 rings (SSSR count). The smallest absolute Gasteiger partial charge is 0.272 e. The Labute approximate surface area is 220 Å². The van der Waals surface area contributed by atoms with E-state index in [9.17, 15) is 14.4 Å². The molecule has 8 nitrogen and oxygen atoms in total. The van der Waals surface area contributed by atoms with Gasteiger partial charge in [0.2, 0.25) is 5.91 Å². The normalized spacial score (nSPS) is 15.8. The fourth-order valence-electron chi connectivity index (χ4n) is 5.09. The highest BCUT2D eigenvalue weighted by Crippen LogP contribution is 2.27. The third-order valence-corrected chi connectivity index (χ3v) is 7.45.